The summed E-state index contributed by atoms with van der Waals surface area (Å²) >= 11 is 1.54. The first-order valence-corrected chi connectivity index (χ1v) is 8.31. The monoisotopic (exact) mass is 333 g/mol. The summed E-state index contributed by atoms with van der Waals surface area (Å²) in [6.07, 6.45) is 0.424. The Hall–Kier alpha value is -2.19. The molecular formula is C15H19N5O2S. The van der Waals surface area contributed by atoms with Crippen molar-refractivity contribution in [1.82, 2.24) is 15.5 Å². The van der Waals surface area contributed by atoms with E-state index in [4.69, 9.17) is 4.74 Å². The van der Waals surface area contributed by atoms with E-state index in [1.54, 1.807) is 24.0 Å². The second-order valence-corrected chi connectivity index (χ2v) is 6.09. The van der Waals surface area contributed by atoms with Crippen LogP contribution < -0.4 is 20.3 Å². The van der Waals surface area contributed by atoms with Gasteiger partial charge in [-0.05, 0) is 12.1 Å². The van der Waals surface area contributed by atoms with Gasteiger partial charge in [0, 0.05) is 32.1 Å². The highest BCUT2D eigenvalue weighted by molar-refractivity contribution is 7.13. The Bertz CT molecular complexity index is 643. The predicted octanol–water partition coefficient (Wildman–Crippen LogP) is 1.35. The van der Waals surface area contributed by atoms with Crippen LogP contribution in [0.5, 0.6) is 5.75 Å². The lowest BCUT2D eigenvalue weighted by Crippen LogP contribution is -2.58. The van der Waals surface area contributed by atoms with Crippen LogP contribution in [0.25, 0.3) is 0 Å². The van der Waals surface area contributed by atoms with E-state index < -0.39 is 0 Å². The number of ether oxygens (including phenoxy) is 1. The van der Waals surface area contributed by atoms with E-state index in [9.17, 15) is 4.79 Å². The minimum atomic E-state index is -0.0256. The molecule has 0 radical (unpaired) electrons. The van der Waals surface area contributed by atoms with E-state index in [1.165, 1.54) is 0 Å². The molecule has 1 aromatic heterocycles. The van der Waals surface area contributed by atoms with Crippen molar-refractivity contribution in [1.29, 1.82) is 0 Å². The number of nitrogens with zero attached hydrogens (tertiary/aromatic N) is 3. The molecule has 1 aromatic carbocycles. The van der Waals surface area contributed by atoms with Crippen LogP contribution in [0, 0.1) is 0 Å². The average molecular weight is 333 g/mol. The normalized spacial score (nSPS) is 14.4. The fraction of sp³-hybridized carbons (Fsp3) is 0.400. The second-order valence-electron chi connectivity index (χ2n) is 5.28. The fourth-order valence-electron chi connectivity index (χ4n) is 2.42. The number of aromatic nitrogens is 2. The molecule has 0 atom stereocenters. The van der Waals surface area contributed by atoms with Crippen LogP contribution in [0.15, 0.2) is 29.8 Å². The van der Waals surface area contributed by atoms with E-state index in [-0.39, 0.29) is 5.91 Å². The SMILES string of the molecule is COc1ccccc1NC(=O)CCNC1CN(c2nncs2)C1. The van der Waals surface area contributed by atoms with Gasteiger partial charge >= 0.3 is 0 Å². The summed E-state index contributed by atoms with van der Waals surface area (Å²) in [5, 5.41) is 15.1. The number of hydrogen-bond donors (Lipinski definition) is 2. The maximum atomic E-state index is 12.0. The van der Waals surface area contributed by atoms with Gasteiger partial charge in [-0.1, -0.05) is 23.5 Å². The Balaban J connectivity index is 1.36. The molecule has 7 nitrogen and oxygen atoms in total. The quantitative estimate of drug-likeness (QED) is 0.796. The van der Waals surface area contributed by atoms with Gasteiger partial charge in [-0.25, -0.2) is 0 Å². The first-order chi connectivity index (χ1) is 11.3. The van der Waals surface area contributed by atoms with E-state index in [1.807, 2.05) is 24.3 Å². The Labute approximate surface area is 138 Å². The van der Waals surface area contributed by atoms with Crippen LogP contribution in [-0.4, -0.2) is 48.9 Å². The minimum absolute atomic E-state index is 0.0256. The van der Waals surface area contributed by atoms with Crippen LogP contribution in [0.3, 0.4) is 0 Å². The van der Waals surface area contributed by atoms with Crippen molar-refractivity contribution in [2.75, 3.05) is 37.0 Å². The highest BCUT2D eigenvalue weighted by Gasteiger charge is 2.28. The molecular weight excluding hydrogens is 314 g/mol. The number of para-hydroxylation sites is 2. The molecule has 0 spiro atoms. The highest BCUT2D eigenvalue weighted by Crippen LogP contribution is 2.23. The smallest absolute Gasteiger partial charge is 0.225 e. The number of hydrogen-bond acceptors (Lipinski definition) is 7. The summed E-state index contributed by atoms with van der Waals surface area (Å²) < 4.78 is 5.22. The van der Waals surface area contributed by atoms with Gasteiger partial charge in [0.15, 0.2) is 0 Å². The zero-order chi connectivity index (χ0) is 16.1. The summed E-state index contributed by atoms with van der Waals surface area (Å²) in [5.74, 6) is 0.641. The Morgan fingerprint density at radius 1 is 1.43 bits per heavy atom. The molecule has 23 heavy (non-hydrogen) atoms. The van der Waals surface area contributed by atoms with Crippen LogP contribution in [-0.2, 0) is 4.79 Å². The van der Waals surface area contributed by atoms with Crippen LogP contribution >= 0.6 is 11.3 Å². The van der Waals surface area contributed by atoms with Gasteiger partial charge < -0.3 is 20.3 Å². The summed E-state index contributed by atoms with van der Waals surface area (Å²) in [6.45, 7) is 2.46. The topological polar surface area (TPSA) is 79.4 Å². The number of nitrogens with one attached hydrogen (secondary N) is 2. The lowest BCUT2D eigenvalue weighted by atomic mass is 10.1. The average Bonchev–Trinajstić information content (AvgIpc) is 3.04. The Kier molecular flexibility index (Phi) is 5.04. The molecule has 1 saturated heterocycles. The highest BCUT2D eigenvalue weighted by atomic mass is 32.1. The third-order valence-electron chi connectivity index (χ3n) is 3.67. The van der Waals surface area contributed by atoms with Gasteiger partial charge in [0.2, 0.25) is 11.0 Å². The number of benzene rings is 1. The molecule has 0 saturated carbocycles. The number of anilines is 2. The molecule has 122 valence electrons. The van der Waals surface area contributed by atoms with E-state index >= 15 is 0 Å². The molecule has 0 bridgehead atoms. The zero-order valence-corrected chi connectivity index (χ0v) is 13.7. The van der Waals surface area contributed by atoms with Gasteiger partial charge in [-0.3, -0.25) is 4.79 Å². The molecule has 0 unspecified atom stereocenters. The number of methoxy groups -OCH3 is 1. The molecule has 1 aliphatic heterocycles. The van der Waals surface area contributed by atoms with Crippen LogP contribution in [0.2, 0.25) is 0 Å². The molecule has 1 aliphatic rings. The van der Waals surface area contributed by atoms with E-state index in [2.05, 4.69) is 25.7 Å². The summed E-state index contributed by atoms with van der Waals surface area (Å²) in [5.41, 5.74) is 2.43. The number of rotatable bonds is 7. The standard InChI is InChI=1S/C15H19N5O2S/c1-22-13-5-3-2-4-12(13)18-14(21)6-7-16-11-8-20(9-11)15-19-17-10-23-15/h2-5,10-11,16H,6-9H2,1H3,(H,18,21). The van der Waals surface area contributed by atoms with Crippen molar-refractivity contribution in [2.24, 2.45) is 0 Å². The lowest BCUT2D eigenvalue weighted by Gasteiger charge is -2.39. The second kappa shape index (κ2) is 7.38. The van der Waals surface area contributed by atoms with Crippen LogP contribution in [0.4, 0.5) is 10.8 Å². The molecule has 8 heteroatoms. The molecule has 2 aromatic rings. The Morgan fingerprint density at radius 3 is 3.00 bits per heavy atom. The maximum absolute atomic E-state index is 12.0. The van der Waals surface area contributed by atoms with Gasteiger partial charge in [0.05, 0.1) is 12.8 Å². The first kappa shape index (κ1) is 15.7. The lowest BCUT2D eigenvalue weighted by molar-refractivity contribution is -0.116. The summed E-state index contributed by atoms with van der Waals surface area (Å²) in [4.78, 5) is 14.2. The van der Waals surface area contributed by atoms with Gasteiger partial charge in [-0.2, -0.15) is 0 Å². The van der Waals surface area contributed by atoms with Crippen molar-refractivity contribution in [3.63, 3.8) is 0 Å². The first-order valence-electron chi connectivity index (χ1n) is 7.43. The van der Waals surface area contributed by atoms with Gasteiger partial charge in [0.25, 0.3) is 0 Å². The molecule has 1 fully saturated rings. The van der Waals surface area contributed by atoms with Crippen molar-refractivity contribution in [3.8, 4) is 5.75 Å². The molecule has 0 aliphatic carbocycles. The van der Waals surface area contributed by atoms with E-state index in [0.29, 0.717) is 30.4 Å². The fourth-order valence-corrected chi connectivity index (χ4v) is 3.00. The Morgan fingerprint density at radius 2 is 2.26 bits per heavy atom. The summed E-state index contributed by atoms with van der Waals surface area (Å²) in [7, 11) is 1.59. The van der Waals surface area contributed by atoms with Crippen molar-refractivity contribution >= 4 is 28.1 Å². The third kappa shape index (κ3) is 3.96. The number of carbonyl (C=O) groups excluding carboxylic acids is 1. The van der Waals surface area contributed by atoms with Crippen molar-refractivity contribution in [2.45, 2.75) is 12.5 Å². The number of carbonyl (C=O) groups is 1. The number of amides is 1. The van der Waals surface area contributed by atoms with Gasteiger partial charge in [0.1, 0.15) is 11.3 Å². The van der Waals surface area contributed by atoms with Crippen molar-refractivity contribution < 1.29 is 9.53 Å². The molecule has 3 rings (SSSR count). The molecule has 2 heterocycles. The predicted molar refractivity (Wildman–Crippen MR) is 90.2 cm³/mol. The largest absolute Gasteiger partial charge is 0.495 e. The zero-order valence-electron chi connectivity index (χ0n) is 12.9. The maximum Gasteiger partial charge on any atom is 0.225 e. The summed E-state index contributed by atoms with van der Waals surface area (Å²) in [6, 6.07) is 7.79. The minimum Gasteiger partial charge on any atom is -0.495 e. The van der Waals surface area contributed by atoms with Crippen LogP contribution in [0.1, 0.15) is 6.42 Å². The van der Waals surface area contributed by atoms with Crippen molar-refractivity contribution in [3.05, 3.63) is 29.8 Å². The molecule has 1 amide bonds. The molecule has 2 N–H and O–H groups in total. The van der Waals surface area contributed by atoms with Gasteiger partial charge in [-0.15, -0.1) is 10.2 Å². The van der Waals surface area contributed by atoms with E-state index in [0.717, 1.165) is 18.2 Å². The third-order valence-corrected chi connectivity index (χ3v) is 4.42.